The highest BCUT2D eigenvalue weighted by Gasteiger charge is 2.30. The predicted molar refractivity (Wildman–Crippen MR) is 150 cm³/mol. The van der Waals surface area contributed by atoms with Gasteiger partial charge in [-0.2, -0.15) is 0 Å². The number of rotatable bonds is 7. The molecule has 1 aromatic carbocycles. The zero-order chi connectivity index (χ0) is 25.9. The number of nitrogens with one attached hydrogen (secondary N) is 3. The van der Waals surface area contributed by atoms with E-state index in [1.165, 1.54) is 5.56 Å². The van der Waals surface area contributed by atoms with E-state index in [0.29, 0.717) is 17.7 Å². The van der Waals surface area contributed by atoms with Gasteiger partial charge in [0.2, 0.25) is 0 Å². The van der Waals surface area contributed by atoms with Crippen molar-refractivity contribution in [3.05, 3.63) is 87.4 Å². The standard InChI is InChI=1S/C29H34BrN5O2/c1-19-26(17-24-23-16-22(30)8-9-25(23)33-28(24)36)32-20(2)27(19)29(37)31-10-11-34-12-14-35(15-13-34)18-21-6-4-3-5-7-21/h3-7,9,16-17,22,32H,8,10-15,18H2,1-2H3,(H,31,37)(H,33,36). The third-order valence-corrected chi connectivity index (χ3v) is 8.03. The molecule has 0 bridgehead atoms. The van der Waals surface area contributed by atoms with Crippen LogP contribution in [0.4, 0.5) is 0 Å². The molecule has 0 radical (unpaired) electrons. The zero-order valence-electron chi connectivity index (χ0n) is 21.4. The van der Waals surface area contributed by atoms with E-state index in [2.05, 4.69) is 77.8 Å². The van der Waals surface area contributed by atoms with Crippen LogP contribution in [0.1, 0.15) is 39.3 Å². The number of allylic oxidation sites excluding steroid dienone is 3. The highest BCUT2D eigenvalue weighted by atomic mass is 79.9. The Kier molecular flexibility index (Phi) is 7.79. The minimum atomic E-state index is -0.111. The summed E-state index contributed by atoms with van der Waals surface area (Å²) in [7, 11) is 0. The lowest BCUT2D eigenvalue weighted by Crippen LogP contribution is -2.48. The Morgan fingerprint density at radius 3 is 2.62 bits per heavy atom. The second-order valence-electron chi connectivity index (χ2n) is 9.98. The summed E-state index contributed by atoms with van der Waals surface area (Å²) in [5, 5.41) is 6.05. The summed E-state index contributed by atoms with van der Waals surface area (Å²) in [6.45, 7) is 10.4. The number of aryl methyl sites for hydroxylation is 1. The maximum absolute atomic E-state index is 13.1. The lowest BCUT2D eigenvalue weighted by Gasteiger charge is -2.34. The molecule has 2 fully saturated rings. The Hall–Kier alpha value is -2.94. The van der Waals surface area contributed by atoms with Crippen LogP contribution in [0.25, 0.3) is 6.08 Å². The number of aromatic amines is 1. The van der Waals surface area contributed by atoms with Gasteiger partial charge in [0, 0.05) is 73.3 Å². The van der Waals surface area contributed by atoms with Gasteiger partial charge in [0.1, 0.15) is 0 Å². The van der Waals surface area contributed by atoms with Crippen LogP contribution >= 0.6 is 15.9 Å². The normalized spacial score (nSPS) is 21.4. The number of fused-ring (bicyclic) bond motifs is 1. The van der Waals surface area contributed by atoms with Crippen molar-refractivity contribution in [1.82, 2.24) is 25.4 Å². The lowest BCUT2D eigenvalue weighted by molar-refractivity contribution is -0.115. The van der Waals surface area contributed by atoms with Gasteiger partial charge in [0.15, 0.2) is 0 Å². The summed E-state index contributed by atoms with van der Waals surface area (Å²) in [6, 6.07) is 10.6. The average Bonchev–Trinajstić information content (AvgIpc) is 3.35. The van der Waals surface area contributed by atoms with Gasteiger partial charge in [-0.1, -0.05) is 58.4 Å². The molecule has 3 N–H and O–H groups in total. The van der Waals surface area contributed by atoms with Gasteiger partial charge < -0.3 is 15.6 Å². The molecule has 0 spiro atoms. The number of benzene rings is 1. The maximum atomic E-state index is 13.1. The topological polar surface area (TPSA) is 80.5 Å². The number of carbonyl (C=O) groups excluding carboxylic acids is 2. The van der Waals surface area contributed by atoms with Gasteiger partial charge in [-0.3, -0.25) is 19.4 Å². The summed E-state index contributed by atoms with van der Waals surface area (Å²) < 4.78 is 0. The molecule has 2 amide bonds. The van der Waals surface area contributed by atoms with Crippen molar-refractivity contribution in [2.75, 3.05) is 39.3 Å². The molecule has 2 saturated heterocycles. The molecule has 1 aromatic heterocycles. The van der Waals surface area contributed by atoms with E-state index in [9.17, 15) is 9.59 Å². The molecule has 1 atom stereocenters. The summed E-state index contributed by atoms with van der Waals surface area (Å²) in [5.74, 6) is -0.187. The third kappa shape index (κ3) is 5.81. The molecule has 2 aromatic rings. The van der Waals surface area contributed by atoms with Gasteiger partial charge >= 0.3 is 0 Å². The van der Waals surface area contributed by atoms with Crippen LogP contribution in [0.2, 0.25) is 0 Å². The molecule has 0 saturated carbocycles. The van der Waals surface area contributed by atoms with Crippen LogP contribution < -0.4 is 10.6 Å². The molecule has 8 heteroatoms. The highest BCUT2D eigenvalue weighted by molar-refractivity contribution is 9.09. The number of carbonyl (C=O) groups is 2. The first-order valence-corrected chi connectivity index (χ1v) is 13.9. The first-order valence-electron chi connectivity index (χ1n) is 12.9. The van der Waals surface area contributed by atoms with Crippen LogP contribution in [-0.4, -0.2) is 70.7 Å². The van der Waals surface area contributed by atoms with Gasteiger partial charge in [-0.05, 0) is 37.5 Å². The van der Waals surface area contributed by atoms with Crippen LogP contribution in [0.15, 0.2) is 59.3 Å². The summed E-state index contributed by atoms with van der Waals surface area (Å²) in [6.07, 6.45) is 6.82. The average molecular weight is 565 g/mol. The molecule has 1 unspecified atom stereocenters. The Balaban J connectivity index is 1.16. The van der Waals surface area contributed by atoms with Crippen molar-refractivity contribution in [3.8, 4) is 0 Å². The molecular weight excluding hydrogens is 530 g/mol. The van der Waals surface area contributed by atoms with Crippen LogP contribution in [0.5, 0.6) is 0 Å². The number of amides is 2. The molecule has 3 aliphatic rings. The number of nitrogens with zero attached hydrogens (tertiary/aromatic N) is 2. The van der Waals surface area contributed by atoms with Crippen molar-refractivity contribution >= 4 is 33.8 Å². The summed E-state index contributed by atoms with van der Waals surface area (Å²) in [5.41, 5.74) is 6.87. The van der Waals surface area contributed by atoms with E-state index in [1.807, 2.05) is 26.0 Å². The Bertz CT molecular complexity index is 1270. The minimum Gasteiger partial charge on any atom is -0.358 e. The number of piperazine rings is 1. The van der Waals surface area contributed by atoms with Gasteiger partial charge in [0.05, 0.1) is 11.1 Å². The fraction of sp³-hybridized carbons (Fsp3) is 0.379. The van der Waals surface area contributed by atoms with Gasteiger partial charge in [-0.25, -0.2) is 0 Å². The van der Waals surface area contributed by atoms with Crippen LogP contribution in [0.3, 0.4) is 0 Å². The number of hydrogen-bond acceptors (Lipinski definition) is 4. The van der Waals surface area contributed by atoms with Crippen molar-refractivity contribution in [2.45, 2.75) is 31.6 Å². The van der Waals surface area contributed by atoms with E-state index in [-0.39, 0.29) is 16.6 Å². The van der Waals surface area contributed by atoms with Crippen molar-refractivity contribution in [3.63, 3.8) is 0 Å². The Morgan fingerprint density at radius 2 is 1.86 bits per heavy atom. The quantitative estimate of drug-likeness (QED) is 0.354. The van der Waals surface area contributed by atoms with E-state index in [0.717, 1.165) is 73.9 Å². The predicted octanol–water partition coefficient (Wildman–Crippen LogP) is 3.67. The highest BCUT2D eigenvalue weighted by Crippen LogP contribution is 2.33. The number of alkyl halides is 1. The molecule has 194 valence electrons. The Morgan fingerprint density at radius 1 is 1.14 bits per heavy atom. The first-order chi connectivity index (χ1) is 17.9. The molecule has 3 heterocycles. The molecule has 37 heavy (non-hydrogen) atoms. The first kappa shape index (κ1) is 25.7. The van der Waals surface area contributed by atoms with Crippen molar-refractivity contribution in [2.24, 2.45) is 0 Å². The number of hydrogen-bond donors (Lipinski definition) is 3. The monoisotopic (exact) mass is 563 g/mol. The molecule has 7 nitrogen and oxygen atoms in total. The van der Waals surface area contributed by atoms with E-state index >= 15 is 0 Å². The second kappa shape index (κ2) is 11.2. The minimum absolute atomic E-state index is 0.0764. The molecule has 1 aliphatic carbocycles. The van der Waals surface area contributed by atoms with Crippen LogP contribution in [-0.2, 0) is 11.3 Å². The molecule has 2 aliphatic heterocycles. The van der Waals surface area contributed by atoms with Gasteiger partial charge in [-0.15, -0.1) is 0 Å². The zero-order valence-corrected chi connectivity index (χ0v) is 23.0. The van der Waals surface area contributed by atoms with Crippen molar-refractivity contribution < 1.29 is 9.59 Å². The fourth-order valence-corrected chi connectivity index (χ4v) is 5.77. The van der Waals surface area contributed by atoms with E-state index < -0.39 is 0 Å². The third-order valence-electron chi connectivity index (χ3n) is 7.39. The van der Waals surface area contributed by atoms with E-state index in [4.69, 9.17) is 0 Å². The van der Waals surface area contributed by atoms with Crippen LogP contribution in [0, 0.1) is 13.8 Å². The smallest absolute Gasteiger partial charge is 0.256 e. The second-order valence-corrected chi connectivity index (χ2v) is 11.2. The summed E-state index contributed by atoms with van der Waals surface area (Å²) >= 11 is 3.62. The maximum Gasteiger partial charge on any atom is 0.256 e. The fourth-order valence-electron chi connectivity index (χ4n) is 5.32. The van der Waals surface area contributed by atoms with E-state index in [1.54, 1.807) is 0 Å². The Labute approximate surface area is 226 Å². The number of H-pyrrole nitrogens is 1. The lowest BCUT2D eigenvalue weighted by atomic mass is 9.98. The SMILES string of the molecule is Cc1[nH]c(C=C2C(=O)NC3=CCC(Br)C=C32)c(C)c1C(=O)NCCN1CCN(Cc2ccccc2)CC1. The molecular formula is C29H34BrN5O2. The summed E-state index contributed by atoms with van der Waals surface area (Å²) in [4.78, 5) is 34.1. The number of aromatic nitrogens is 1. The molecule has 5 rings (SSSR count). The largest absolute Gasteiger partial charge is 0.358 e. The van der Waals surface area contributed by atoms with Gasteiger partial charge in [0.25, 0.3) is 11.8 Å². The number of halogens is 1. The van der Waals surface area contributed by atoms with Crippen molar-refractivity contribution in [1.29, 1.82) is 0 Å².